The molecule has 3 aromatic carbocycles. The Morgan fingerprint density at radius 2 is 1.51 bits per heavy atom. The molecule has 1 aromatic heterocycles. The molecule has 0 spiro atoms. The predicted octanol–water partition coefficient (Wildman–Crippen LogP) is 6.62. The lowest BCUT2D eigenvalue weighted by Crippen LogP contribution is -2.30. The van der Waals surface area contributed by atoms with E-state index in [9.17, 15) is 9.59 Å². The van der Waals surface area contributed by atoms with Gasteiger partial charge in [0.15, 0.2) is 5.75 Å². The Hall–Kier alpha value is -4.27. The summed E-state index contributed by atoms with van der Waals surface area (Å²) < 4.78 is 16.3. The first kappa shape index (κ1) is 25.8. The van der Waals surface area contributed by atoms with Gasteiger partial charge >= 0.3 is 0 Å². The van der Waals surface area contributed by atoms with Crippen LogP contribution in [0.15, 0.2) is 89.9 Å². The third-order valence-electron chi connectivity index (χ3n) is 5.15. The molecule has 7 nitrogen and oxygen atoms in total. The van der Waals surface area contributed by atoms with E-state index in [-0.39, 0.29) is 5.70 Å². The Morgan fingerprint density at radius 3 is 2.14 bits per heavy atom. The highest BCUT2D eigenvalue weighted by molar-refractivity contribution is 7.10. The molecule has 4 rings (SSSR count). The number of nitrogens with one attached hydrogen (secondary N) is 2. The molecule has 0 radical (unpaired) electrons. The van der Waals surface area contributed by atoms with Crippen molar-refractivity contribution in [2.24, 2.45) is 0 Å². The van der Waals surface area contributed by atoms with Gasteiger partial charge in [-0.15, -0.1) is 11.3 Å². The fourth-order valence-corrected chi connectivity index (χ4v) is 4.09. The van der Waals surface area contributed by atoms with Crippen molar-refractivity contribution in [3.63, 3.8) is 0 Å². The molecular weight excluding hydrogens is 512 g/mol. The SMILES string of the molecule is COc1ccc(Oc2ccc(Cl)cc2NC(=O)/C(=C/c2cccs2)NC(=O)c2ccc(OC)cc2)cc1. The molecule has 0 saturated heterocycles. The van der Waals surface area contributed by atoms with Gasteiger partial charge in [0.2, 0.25) is 0 Å². The average Bonchev–Trinajstić information content (AvgIpc) is 3.43. The van der Waals surface area contributed by atoms with Gasteiger partial charge in [-0.25, -0.2) is 0 Å². The van der Waals surface area contributed by atoms with Crippen molar-refractivity contribution in [1.29, 1.82) is 0 Å². The fraction of sp³-hybridized carbons (Fsp3) is 0.0714. The van der Waals surface area contributed by atoms with Gasteiger partial charge in [0.05, 0.1) is 19.9 Å². The number of hydrogen-bond acceptors (Lipinski definition) is 6. The summed E-state index contributed by atoms with van der Waals surface area (Å²) in [4.78, 5) is 27.1. The monoisotopic (exact) mass is 534 g/mol. The van der Waals surface area contributed by atoms with Gasteiger partial charge in [-0.2, -0.15) is 0 Å². The Balaban J connectivity index is 1.58. The maximum Gasteiger partial charge on any atom is 0.272 e. The zero-order chi connectivity index (χ0) is 26.2. The summed E-state index contributed by atoms with van der Waals surface area (Å²) in [6.07, 6.45) is 1.61. The number of benzene rings is 3. The number of halogens is 1. The summed E-state index contributed by atoms with van der Waals surface area (Å²) in [5.74, 6) is 1.24. The van der Waals surface area contributed by atoms with Gasteiger partial charge < -0.3 is 24.8 Å². The lowest BCUT2D eigenvalue weighted by atomic mass is 10.2. The predicted molar refractivity (Wildman–Crippen MR) is 146 cm³/mol. The number of carbonyl (C=O) groups excluding carboxylic acids is 2. The van der Waals surface area contributed by atoms with Gasteiger partial charge in [0.25, 0.3) is 11.8 Å². The van der Waals surface area contributed by atoms with Crippen molar-refractivity contribution in [1.82, 2.24) is 5.32 Å². The molecule has 0 aliphatic rings. The second-order valence-electron chi connectivity index (χ2n) is 7.63. The number of methoxy groups -OCH3 is 2. The van der Waals surface area contributed by atoms with Crippen LogP contribution in [0.3, 0.4) is 0 Å². The maximum atomic E-state index is 13.4. The smallest absolute Gasteiger partial charge is 0.272 e. The molecule has 0 aliphatic carbocycles. The van der Waals surface area contributed by atoms with Crippen molar-refractivity contribution < 1.29 is 23.8 Å². The first-order chi connectivity index (χ1) is 17.9. The molecular formula is C28H23ClN2O5S. The number of amides is 2. The number of thiophene rings is 1. The van der Waals surface area contributed by atoms with E-state index >= 15 is 0 Å². The molecule has 0 fully saturated rings. The van der Waals surface area contributed by atoms with Gasteiger partial charge in [0, 0.05) is 15.5 Å². The number of anilines is 1. The molecule has 0 atom stereocenters. The van der Waals surface area contributed by atoms with Crippen molar-refractivity contribution in [3.8, 4) is 23.0 Å². The van der Waals surface area contributed by atoms with Gasteiger partial charge in [-0.3, -0.25) is 9.59 Å². The molecule has 9 heteroatoms. The van der Waals surface area contributed by atoms with Crippen LogP contribution in [0.5, 0.6) is 23.0 Å². The molecule has 0 saturated carbocycles. The van der Waals surface area contributed by atoms with Crippen LogP contribution in [0.1, 0.15) is 15.2 Å². The second kappa shape index (κ2) is 12.1. The Labute approximate surface area is 223 Å². The van der Waals surface area contributed by atoms with Crippen LogP contribution in [-0.2, 0) is 4.79 Å². The summed E-state index contributed by atoms with van der Waals surface area (Å²) in [7, 11) is 3.13. The van der Waals surface area contributed by atoms with Gasteiger partial charge in [-0.1, -0.05) is 17.7 Å². The minimum absolute atomic E-state index is 0.0543. The van der Waals surface area contributed by atoms with Crippen LogP contribution in [0.2, 0.25) is 5.02 Å². The Kier molecular flexibility index (Phi) is 8.45. The highest BCUT2D eigenvalue weighted by Crippen LogP contribution is 2.33. The topological polar surface area (TPSA) is 85.9 Å². The highest BCUT2D eigenvalue weighted by atomic mass is 35.5. The van der Waals surface area contributed by atoms with E-state index in [0.717, 1.165) is 4.88 Å². The average molecular weight is 535 g/mol. The zero-order valence-electron chi connectivity index (χ0n) is 20.0. The lowest BCUT2D eigenvalue weighted by molar-refractivity contribution is -0.113. The Bertz CT molecular complexity index is 1400. The molecule has 0 aliphatic heterocycles. The highest BCUT2D eigenvalue weighted by Gasteiger charge is 2.18. The molecule has 2 N–H and O–H groups in total. The van der Waals surface area contributed by atoms with E-state index in [4.69, 9.17) is 25.8 Å². The first-order valence-corrected chi connectivity index (χ1v) is 12.3. The number of hydrogen-bond donors (Lipinski definition) is 2. The van der Waals surface area contributed by atoms with Crippen LogP contribution in [0.4, 0.5) is 5.69 Å². The Morgan fingerprint density at radius 1 is 0.865 bits per heavy atom. The molecule has 0 bridgehead atoms. The maximum absolute atomic E-state index is 13.4. The molecule has 0 unspecified atom stereocenters. The third-order valence-corrected chi connectivity index (χ3v) is 6.21. The van der Waals surface area contributed by atoms with Crippen molar-refractivity contribution in [3.05, 3.63) is 105 Å². The van der Waals surface area contributed by atoms with Crippen LogP contribution in [0, 0.1) is 0 Å². The van der Waals surface area contributed by atoms with Crippen molar-refractivity contribution in [2.75, 3.05) is 19.5 Å². The van der Waals surface area contributed by atoms with Gasteiger partial charge in [0.1, 0.15) is 22.9 Å². The number of carbonyl (C=O) groups is 2. The summed E-state index contributed by atoms with van der Waals surface area (Å²) in [5, 5.41) is 7.81. The van der Waals surface area contributed by atoms with E-state index in [1.807, 2.05) is 17.5 Å². The minimum atomic E-state index is -0.544. The van der Waals surface area contributed by atoms with E-state index < -0.39 is 11.8 Å². The van der Waals surface area contributed by atoms with E-state index in [1.165, 1.54) is 11.3 Å². The molecule has 4 aromatic rings. The molecule has 37 heavy (non-hydrogen) atoms. The van der Waals surface area contributed by atoms with Crippen LogP contribution >= 0.6 is 22.9 Å². The standard InChI is InChI=1S/C28H23ClN2O5S/c1-34-20-8-5-18(6-9-20)27(32)31-25(17-23-4-3-15-37-23)28(33)30-24-16-19(29)7-14-26(24)36-22-12-10-21(35-2)11-13-22/h3-17H,1-2H3,(H,30,33)(H,31,32)/b25-17-. The molecule has 2 amide bonds. The summed E-state index contributed by atoms with van der Waals surface area (Å²) in [5.41, 5.74) is 0.764. The molecule has 1 heterocycles. The van der Waals surface area contributed by atoms with E-state index in [0.29, 0.717) is 39.3 Å². The van der Waals surface area contributed by atoms with Crippen molar-refractivity contribution >= 4 is 46.5 Å². The van der Waals surface area contributed by atoms with Crippen LogP contribution in [0.25, 0.3) is 6.08 Å². The quantitative estimate of drug-likeness (QED) is 0.236. The van der Waals surface area contributed by atoms with Crippen LogP contribution in [-0.4, -0.2) is 26.0 Å². The minimum Gasteiger partial charge on any atom is -0.497 e. The van der Waals surface area contributed by atoms with E-state index in [2.05, 4.69) is 10.6 Å². The normalized spacial score (nSPS) is 10.9. The van der Waals surface area contributed by atoms with E-state index in [1.54, 1.807) is 87.0 Å². The summed E-state index contributed by atoms with van der Waals surface area (Å²) in [6.45, 7) is 0. The zero-order valence-corrected chi connectivity index (χ0v) is 21.6. The van der Waals surface area contributed by atoms with Crippen molar-refractivity contribution in [2.45, 2.75) is 0 Å². The fourth-order valence-electron chi connectivity index (χ4n) is 3.26. The summed E-state index contributed by atoms with van der Waals surface area (Å²) >= 11 is 7.64. The number of ether oxygens (including phenoxy) is 3. The lowest BCUT2D eigenvalue weighted by Gasteiger charge is -2.15. The van der Waals surface area contributed by atoms with Crippen LogP contribution < -0.4 is 24.8 Å². The molecule has 188 valence electrons. The number of rotatable bonds is 9. The summed E-state index contributed by atoms with van der Waals surface area (Å²) in [6, 6.07) is 22.2. The largest absolute Gasteiger partial charge is 0.497 e. The first-order valence-electron chi connectivity index (χ1n) is 11.1. The second-order valence-corrected chi connectivity index (χ2v) is 9.04. The third kappa shape index (κ3) is 6.91. The van der Waals surface area contributed by atoms with Gasteiger partial charge in [-0.05, 0) is 84.3 Å².